The van der Waals surface area contributed by atoms with Crippen LogP contribution in [0.1, 0.15) is 12.5 Å². The van der Waals surface area contributed by atoms with E-state index in [-0.39, 0.29) is 6.04 Å². The standard InChI is InChI=1S/C13H15N3/c1-10(14)9-11-3-5-12(6-4-11)13-15-7-2-8-16-13/h2-8,10H,9,14H2,1H3. The van der Waals surface area contributed by atoms with Crippen LogP contribution in [0.5, 0.6) is 0 Å². The van der Waals surface area contributed by atoms with Gasteiger partial charge in [-0.1, -0.05) is 24.3 Å². The van der Waals surface area contributed by atoms with E-state index < -0.39 is 0 Å². The minimum Gasteiger partial charge on any atom is -0.328 e. The molecule has 0 spiro atoms. The summed E-state index contributed by atoms with van der Waals surface area (Å²) in [5.41, 5.74) is 8.03. The summed E-state index contributed by atoms with van der Waals surface area (Å²) in [5.74, 6) is 0.759. The fourth-order valence-corrected chi connectivity index (χ4v) is 1.61. The smallest absolute Gasteiger partial charge is 0.159 e. The van der Waals surface area contributed by atoms with Gasteiger partial charge in [-0.3, -0.25) is 0 Å². The van der Waals surface area contributed by atoms with Crippen molar-refractivity contribution in [1.29, 1.82) is 0 Å². The van der Waals surface area contributed by atoms with Gasteiger partial charge in [0.25, 0.3) is 0 Å². The Labute approximate surface area is 95.4 Å². The molecule has 2 rings (SSSR count). The van der Waals surface area contributed by atoms with E-state index in [0.29, 0.717) is 0 Å². The summed E-state index contributed by atoms with van der Waals surface area (Å²) < 4.78 is 0. The second-order valence-electron chi connectivity index (χ2n) is 3.95. The molecular weight excluding hydrogens is 198 g/mol. The molecular formula is C13H15N3. The van der Waals surface area contributed by atoms with E-state index in [9.17, 15) is 0 Å². The van der Waals surface area contributed by atoms with Gasteiger partial charge in [-0.05, 0) is 25.0 Å². The van der Waals surface area contributed by atoms with Crippen LogP contribution in [-0.4, -0.2) is 16.0 Å². The summed E-state index contributed by atoms with van der Waals surface area (Å²) in [5, 5.41) is 0. The Balaban J connectivity index is 2.20. The van der Waals surface area contributed by atoms with Gasteiger partial charge >= 0.3 is 0 Å². The molecule has 1 unspecified atom stereocenters. The lowest BCUT2D eigenvalue weighted by Gasteiger charge is -2.05. The molecule has 0 aliphatic rings. The van der Waals surface area contributed by atoms with Gasteiger partial charge in [-0.25, -0.2) is 9.97 Å². The number of nitrogens with two attached hydrogens (primary N) is 1. The molecule has 0 fully saturated rings. The van der Waals surface area contributed by atoms with Gasteiger partial charge in [0.1, 0.15) is 0 Å². The molecule has 1 atom stereocenters. The van der Waals surface area contributed by atoms with E-state index in [0.717, 1.165) is 17.8 Å². The van der Waals surface area contributed by atoms with Crippen molar-refractivity contribution in [3.05, 3.63) is 48.3 Å². The molecule has 2 N–H and O–H groups in total. The predicted octanol–water partition coefficient (Wildman–Crippen LogP) is 2.03. The fraction of sp³-hybridized carbons (Fsp3) is 0.231. The molecule has 3 heteroatoms. The van der Waals surface area contributed by atoms with E-state index in [2.05, 4.69) is 22.1 Å². The van der Waals surface area contributed by atoms with Crippen molar-refractivity contribution in [2.24, 2.45) is 5.73 Å². The summed E-state index contributed by atoms with van der Waals surface area (Å²) in [6, 6.07) is 10.2. The van der Waals surface area contributed by atoms with E-state index >= 15 is 0 Å². The van der Waals surface area contributed by atoms with Crippen molar-refractivity contribution in [3.63, 3.8) is 0 Å². The largest absolute Gasteiger partial charge is 0.328 e. The van der Waals surface area contributed by atoms with E-state index in [1.165, 1.54) is 5.56 Å². The molecule has 0 aliphatic heterocycles. The van der Waals surface area contributed by atoms with Crippen LogP contribution in [0.2, 0.25) is 0 Å². The van der Waals surface area contributed by atoms with Gasteiger partial charge in [0, 0.05) is 24.0 Å². The summed E-state index contributed by atoms with van der Waals surface area (Å²) in [6.07, 6.45) is 4.40. The topological polar surface area (TPSA) is 51.8 Å². The van der Waals surface area contributed by atoms with Crippen LogP contribution < -0.4 is 5.73 Å². The Hall–Kier alpha value is -1.74. The number of aromatic nitrogens is 2. The van der Waals surface area contributed by atoms with Gasteiger partial charge in [0.05, 0.1) is 0 Å². The van der Waals surface area contributed by atoms with Crippen LogP contribution in [0, 0.1) is 0 Å². The molecule has 0 saturated carbocycles. The maximum atomic E-state index is 5.75. The highest BCUT2D eigenvalue weighted by atomic mass is 14.8. The molecule has 0 amide bonds. The average Bonchev–Trinajstić information content (AvgIpc) is 2.30. The summed E-state index contributed by atoms with van der Waals surface area (Å²) >= 11 is 0. The lowest BCUT2D eigenvalue weighted by molar-refractivity contribution is 0.738. The highest BCUT2D eigenvalue weighted by molar-refractivity contribution is 5.54. The number of rotatable bonds is 3. The summed E-state index contributed by atoms with van der Waals surface area (Å²) in [6.45, 7) is 2.01. The van der Waals surface area contributed by atoms with Crippen molar-refractivity contribution < 1.29 is 0 Å². The van der Waals surface area contributed by atoms with Crippen LogP contribution >= 0.6 is 0 Å². The molecule has 1 aromatic carbocycles. The zero-order valence-electron chi connectivity index (χ0n) is 9.30. The maximum absolute atomic E-state index is 5.75. The van der Waals surface area contributed by atoms with Crippen molar-refractivity contribution in [1.82, 2.24) is 9.97 Å². The average molecular weight is 213 g/mol. The lowest BCUT2D eigenvalue weighted by atomic mass is 10.1. The Morgan fingerprint density at radius 3 is 2.31 bits per heavy atom. The van der Waals surface area contributed by atoms with Crippen molar-refractivity contribution in [3.8, 4) is 11.4 Å². The second-order valence-corrected chi connectivity index (χ2v) is 3.95. The number of hydrogen-bond acceptors (Lipinski definition) is 3. The molecule has 0 aliphatic carbocycles. The first kappa shape index (κ1) is 10.8. The first-order valence-corrected chi connectivity index (χ1v) is 5.37. The number of benzene rings is 1. The summed E-state index contributed by atoms with van der Waals surface area (Å²) in [4.78, 5) is 8.41. The van der Waals surface area contributed by atoms with E-state index in [1.807, 2.05) is 25.1 Å². The van der Waals surface area contributed by atoms with Gasteiger partial charge < -0.3 is 5.73 Å². The van der Waals surface area contributed by atoms with Gasteiger partial charge in [-0.2, -0.15) is 0 Å². The molecule has 1 heterocycles. The van der Waals surface area contributed by atoms with Gasteiger partial charge in [0.15, 0.2) is 5.82 Å². The van der Waals surface area contributed by atoms with E-state index in [1.54, 1.807) is 12.4 Å². The van der Waals surface area contributed by atoms with Crippen LogP contribution in [0.25, 0.3) is 11.4 Å². The second kappa shape index (κ2) is 4.86. The van der Waals surface area contributed by atoms with E-state index in [4.69, 9.17) is 5.73 Å². The Morgan fingerprint density at radius 2 is 1.75 bits per heavy atom. The first-order valence-electron chi connectivity index (χ1n) is 5.37. The van der Waals surface area contributed by atoms with Gasteiger partial charge in [0.2, 0.25) is 0 Å². The van der Waals surface area contributed by atoms with Crippen molar-refractivity contribution in [2.75, 3.05) is 0 Å². The molecule has 0 saturated heterocycles. The Kier molecular flexibility index (Phi) is 3.27. The molecule has 16 heavy (non-hydrogen) atoms. The maximum Gasteiger partial charge on any atom is 0.159 e. The van der Waals surface area contributed by atoms with Gasteiger partial charge in [-0.15, -0.1) is 0 Å². The molecule has 82 valence electrons. The first-order chi connectivity index (χ1) is 7.75. The number of nitrogens with zero attached hydrogens (tertiary/aromatic N) is 2. The minimum atomic E-state index is 0.193. The quantitative estimate of drug-likeness (QED) is 0.848. The number of hydrogen-bond donors (Lipinski definition) is 1. The molecule has 3 nitrogen and oxygen atoms in total. The Bertz CT molecular complexity index is 434. The third-order valence-corrected chi connectivity index (χ3v) is 2.34. The van der Waals surface area contributed by atoms with Crippen molar-refractivity contribution in [2.45, 2.75) is 19.4 Å². The van der Waals surface area contributed by atoms with Crippen LogP contribution in [0.4, 0.5) is 0 Å². The van der Waals surface area contributed by atoms with Crippen molar-refractivity contribution >= 4 is 0 Å². The highest BCUT2D eigenvalue weighted by Gasteiger charge is 2.01. The summed E-state index contributed by atoms with van der Waals surface area (Å²) in [7, 11) is 0. The molecule has 0 radical (unpaired) electrons. The Morgan fingerprint density at radius 1 is 1.12 bits per heavy atom. The predicted molar refractivity (Wildman–Crippen MR) is 64.8 cm³/mol. The lowest BCUT2D eigenvalue weighted by Crippen LogP contribution is -2.17. The van der Waals surface area contributed by atoms with Crippen LogP contribution in [0.3, 0.4) is 0 Å². The van der Waals surface area contributed by atoms with Crippen LogP contribution in [-0.2, 0) is 6.42 Å². The van der Waals surface area contributed by atoms with Crippen LogP contribution in [0.15, 0.2) is 42.7 Å². The minimum absolute atomic E-state index is 0.193. The zero-order chi connectivity index (χ0) is 11.4. The third-order valence-electron chi connectivity index (χ3n) is 2.34. The highest BCUT2D eigenvalue weighted by Crippen LogP contribution is 2.15. The third kappa shape index (κ3) is 2.64. The SMILES string of the molecule is CC(N)Cc1ccc(-c2ncccn2)cc1. The molecule has 2 aromatic rings. The molecule has 1 aromatic heterocycles. The zero-order valence-corrected chi connectivity index (χ0v) is 9.30. The normalized spacial score (nSPS) is 12.4. The monoisotopic (exact) mass is 213 g/mol. The molecule has 0 bridgehead atoms. The fourth-order valence-electron chi connectivity index (χ4n) is 1.61.